The van der Waals surface area contributed by atoms with Crippen molar-refractivity contribution in [1.29, 1.82) is 0 Å². The summed E-state index contributed by atoms with van der Waals surface area (Å²) in [6, 6.07) is -3.35. The first-order valence-corrected chi connectivity index (χ1v) is 32.8. The van der Waals surface area contributed by atoms with Gasteiger partial charge in [-0.2, -0.15) is 28.6 Å². The van der Waals surface area contributed by atoms with E-state index in [2.05, 4.69) is 40.3 Å². The van der Waals surface area contributed by atoms with Gasteiger partial charge in [-0.1, -0.05) is 6.42 Å². The molecule has 39 nitrogen and oxygen atoms in total. The van der Waals surface area contributed by atoms with Crippen LogP contribution in [0.15, 0.2) is 0 Å². The van der Waals surface area contributed by atoms with Crippen molar-refractivity contribution < 1.29 is 156 Å². The molecular weight excluding hydrogens is 1300 g/mol. The molecule has 20 unspecified atom stereocenters. The predicted molar refractivity (Wildman–Crippen MR) is 299 cm³/mol. The number of ether oxygens (including phenoxy) is 11. The third kappa shape index (κ3) is 23.4. The van der Waals surface area contributed by atoms with Crippen LogP contribution >= 0.6 is 11.8 Å². The van der Waals surface area contributed by atoms with Crippen LogP contribution in [0.4, 0.5) is 4.79 Å². The monoisotopic (exact) mass is 1380 g/mol. The van der Waals surface area contributed by atoms with E-state index in [0.29, 0.717) is 18.2 Å². The molecule has 6 rings (SSSR count). The molecule has 42 heteroatoms. The average molecular weight is 1380 g/mol. The first-order chi connectivity index (χ1) is 43.1. The van der Waals surface area contributed by atoms with Crippen molar-refractivity contribution in [2.45, 2.75) is 186 Å². The number of rotatable bonds is 37. The number of hydrogen-bond acceptors (Lipinski definition) is 32. The molecule has 6 aliphatic rings. The lowest BCUT2D eigenvalue weighted by Gasteiger charge is -2.50. The number of fused-ring (bicyclic) bond motifs is 1. The Kier molecular flexibility index (Phi) is 30.7. The van der Waals surface area contributed by atoms with Crippen LogP contribution in [0.2, 0.25) is 0 Å². The number of nitrogens with one attached hydrogen (secondary N) is 6. The number of carbonyl (C=O) groups is 5. The standard InChI is InChI=1S/C49H84N6O33S3/c1-22(58)52-33-37(64)42(87-48-41(68)44(36(63)26(17-57)83-48)88-46-34(53-23(2)59)38(65)43(28(85-46)19-81-91(73,74)75)86-47-40(67)39(66)35(62)25(16-56)82-47)27(18-80-90(70,71)72)84-45(33)79-10-5-8-50-31(61)20-78-15-14-77-13-12-76-11-9-51-30(60)7-4-3-6-29-32-24(21-89-29)54-49(69)55-32/h24-29,32-48,56-57,62-68H,3-21H2,1-2H3,(H,50,61)(H,51,60)(H,52,58)(H,53,59)(H2,54,55,69)(H,70,71,72)(H,73,74,75)/t24-,25?,26?,27?,28?,29-,32-,33?,34?,35?,36?,37?,38?,39?,40?,41?,42?,43?,44?,45?,46?,47?,48?/m0/s1. The normalized spacial score (nSPS) is 36.0. The molecular formula is C49H84N6O33S3. The summed E-state index contributed by atoms with van der Waals surface area (Å²) in [5.74, 6) is -1.43. The third-order valence-corrected chi connectivity index (χ3v) is 17.3. The second-order valence-electron chi connectivity index (χ2n) is 21.7. The molecule has 0 saturated carbocycles. The highest BCUT2D eigenvalue weighted by Gasteiger charge is 2.57. The van der Waals surface area contributed by atoms with E-state index in [1.807, 2.05) is 11.8 Å². The summed E-state index contributed by atoms with van der Waals surface area (Å²) in [7, 11) is -10.6. The van der Waals surface area contributed by atoms with Crippen molar-refractivity contribution >= 4 is 62.2 Å². The fraction of sp³-hybridized carbons (Fsp3) is 0.898. The highest BCUT2D eigenvalue weighted by Crippen LogP contribution is 2.36. The van der Waals surface area contributed by atoms with Gasteiger partial charge >= 0.3 is 26.8 Å². The van der Waals surface area contributed by atoms with Gasteiger partial charge in [-0.15, -0.1) is 0 Å². The van der Waals surface area contributed by atoms with Crippen molar-refractivity contribution in [2.75, 3.05) is 91.5 Å². The molecule has 0 bridgehead atoms. The lowest BCUT2D eigenvalue weighted by molar-refractivity contribution is -0.377. The van der Waals surface area contributed by atoms with Gasteiger partial charge < -0.3 is 130 Å². The van der Waals surface area contributed by atoms with Gasteiger partial charge in [-0.05, 0) is 19.3 Å². The van der Waals surface area contributed by atoms with E-state index < -0.39 is 188 Å². The number of thioether (sulfide) groups is 1. The highest BCUT2D eigenvalue weighted by atomic mass is 32.3. The molecule has 0 aromatic carbocycles. The molecule has 6 heterocycles. The quantitative estimate of drug-likeness (QED) is 0.0156. The van der Waals surface area contributed by atoms with Crippen LogP contribution in [-0.2, 0) is 100 Å². The minimum Gasteiger partial charge on any atom is -0.394 e. The van der Waals surface area contributed by atoms with E-state index in [9.17, 15) is 95.9 Å². The first-order valence-electron chi connectivity index (χ1n) is 29.0. The number of urea groups is 1. The topological polar surface area (TPSA) is 568 Å². The van der Waals surface area contributed by atoms with E-state index in [0.717, 1.165) is 38.9 Å². The van der Waals surface area contributed by atoms with Crippen molar-refractivity contribution in [3.8, 4) is 0 Å². The molecule has 6 fully saturated rings. The van der Waals surface area contributed by atoms with Gasteiger partial charge in [0.15, 0.2) is 25.2 Å². The number of aliphatic hydroxyl groups excluding tert-OH is 9. The molecule has 6 aliphatic heterocycles. The Morgan fingerprint density at radius 2 is 1.08 bits per heavy atom. The average Bonchev–Trinajstić information content (AvgIpc) is 1.58. The van der Waals surface area contributed by atoms with Crippen LogP contribution in [0.3, 0.4) is 0 Å². The number of amides is 6. The van der Waals surface area contributed by atoms with Gasteiger partial charge in [-0.3, -0.25) is 28.3 Å². The SMILES string of the molecule is CC(=O)NC1C(OC2C(O)C(CO)OC(OC3C(COS(=O)(=O)O)OC(OCCCNC(=O)COCCOCCOCCNC(=O)CCCC[C@@H]4SC[C@@H]5NC(=O)N[C@@H]54)C(NC(C)=O)C3O)C2O)OC(COS(=O)(=O)O)C(OC2OC(CO)C(O)C(O)C2O)C1O. The zero-order chi connectivity index (χ0) is 66.7. The largest absolute Gasteiger partial charge is 0.397 e. The number of carbonyl (C=O) groups excluding carboxylic acids is 5. The fourth-order valence-corrected chi connectivity index (χ4v) is 12.7. The van der Waals surface area contributed by atoms with E-state index in [4.69, 9.17) is 52.1 Å². The van der Waals surface area contributed by atoms with Crippen LogP contribution in [0.25, 0.3) is 0 Å². The molecule has 17 N–H and O–H groups in total. The van der Waals surface area contributed by atoms with Crippen molar-refractivity contribution in [2.24, 2.45) is 0 Å². The van der Waals surface area contributed by atoms with Crippen molar-refractivity contribution in [3.63, 3.8) is 0 Å². The summed E-state index contributed by atoms with van der Waals surface area (Å²) in [6.45, 7) is -1.87. The first kappa shape index (κ1) is 76.5. The maximum Gasteiger partial charge on any atom is 0.397 e. The van der Waals surface area contributed by atoms with Crippen molar-refractivity contribution in [1.82, 2.24) is 31.9 Å². The summed E-state index contributed by atoms with van der Waals surface area (Å²) in [4.78, 5) is 61.4. The van der Waals surface area contributed by atoms with Gasteiger partial charge in [0, 0.05) is 44.4 Å². The second-order valence-corrected chi connectivity index (χ2v) is 25.2. The maximum atomic E-state index is 12.6. The third-order valence-electron chi connectivity index (χ3n) is 14.9. The molecule has 0 radical (unpaired) electrons. The lowest BCUT2D eigenvalue weighted by Crippen LogP contribution is -2.70. The summed E-state index contributed by atoms with van der Waals surface area (Å²) < 4.78 is 137. The Hall–Kier alpha value is -3.56. The van der Waals surface area contributed by atoms with Gasteiger partial charge in [-0.25, -0.2) is 13.2 Å². The lowest BCUT2D eigenvalue weighted by atomic mass is 9.94. The predicted octanol–water partition coefficient (Wildman–Crippen LogP) is -9.38. The Labute approximate surface area is 526 Å². The molecule has 23 atom stereocenters. The maximum absolute atomic E-state index is 12.6. The Morgan fingerprint density at radius 1 is 0.560 bits per heavy atom. The second kappa shape index (κ2) is 36.5. The summed E-state index contributed by atoms with van der Waals surface area (Å²) >= 11 is 1.83. The number of hydrogen-bond donors (Lipinski definition) is 17. The molecule has 0 aromatic heterocycles. The van der Waals surface area contributed by atoms with Gasteiger partial charge in [0.2, 0.25) is 23.6 Å². The van der Waals surface area contributed by atoms with E-state index in [-0.39, 0.29) is 83.2 Å². The van der Waals surface area contributed by atoms with Gasteiger partial charge in [0.05, 0.1) is 78.2 Å². The summed E-state index contributed by atoms with van der Waals surface area (Å²) in [5.41, 5.74) is 0. The van der Waals surface area contributed by atoms with Gasteiger partial charge in [0.25, 0.3) is 0 Å². The summed E-state index contributed by atoms with van der Waals surface area (Å²) in [5, 5.41) is 115. The smallest absolute Gasteiger partial charge is 0.394 e. The van der Waals surface area contributed by atoms with Crippen molar-refractivity contribution in [3.05, 3.63) is 0 Å². The molecule has 6 saturated heterocycles. The van der Waals surface area contributed by atoms with Crippen LogP contribution < -0.4 is 31.9 Å². The number of aliphatic hydroxyl groups is 9. The molecule has 526 valence electrons. The molecule has 6 amide bonds. The van der Waals surface area contributed by atoms with Crippen LogP contribution in [0, 0.1) is 0 Å². The summed E-state index contributed by atoms with van der Waals surface area (Å²) in [6.07, 6.45) is -33.3. The molecule has 0 aromatic rings. The van der Waals surface area contributed by atoms with Crippen LogP contribution in [0.1, 0.15) is 46.0 Å². The fourth-order valence-electron chi connectivity index (χ4n) is 10.5. The minimum atomic E-state index is -5.33. The molecule has 91 heavy (non-hydrogen) atoms. The molecule has 0 spiro atoms. The zero-order valence-corrected chi connectivity index (χ0v) is 51.8. The van der Waals surface area contributed by atoms with Crippen LogP contribution in [-0.4, -0.2) is 333 Å². The zero-order valence-electron chi connectivity index (χ0n) is 49.3. The van der Waals surface area contributed by atoms with Crippen LogP contribution in [0.5, 0.6) is 0 Å². The van der Waals surface area contributed by atoms with Gasteiger partial charge in [0.1, 0.15) is 104 Å². The number of unbranched alkanes of at least 4 members (excludes halogenated alkanes) is 1. The highest BCUT2D eigenvalue weighted by molar-refractivity contribution is 8.00. The minimum absolute atomic E-state index is 0.0119. The van der Waals surface area contributed by atoms with E-state index >= 15 is 0 Å². The van der Waals surface area contributed by atoms with E-state index in [1.54, 1.807) is 0 Å². The molecule has 0 aliphatic carbocycles. The Bertz CT molecular complexity index is 2540. The Morgan fingerprint density at radius 3 is 1.66 bits per heavy atom. The van der Waals surface area contributed by atoms with E-state index in [1.165, 1.54) is 0 Å². The Balaban J connectivity index is 0.974.